The fourth-order valence-electron chi connectivity index (χ4n) is 5.13. The normalized spacial score (nSPS) is 23.1. The number of carbonyl (C=O) groups is 1. The van der Waals surface area contributed by atoms with Crippen LogP contribution >= 0.6 is 0 Å². The molecule has 1 amide bonds. The third-order valence-corrected chi connectivity index (χ3v) is 6.83. The molecule has 2 aromatic heterocycles. The maximum absolute atomic E-state index is 12.8. The maximum atomic E-state index is 12.8. The Labute approximate surface area is 175 Å². The van der Waals surface area contributed by atoms with Crippen molar-refractivity contribution in [2.75, 3.05) is 26.2 Å². The Morgan fingerprint density at radius 3 is 2.73 bits per heavy atom. The van der Waals surface area contributed by atoms with Crippen molar-refractivity contribution in [3.63, 3.8) is 0 Å². The summed E-state index contributed by atoms with van der Waals surface area (Å²) < 4.78 is 5.10. The van der Waals surface area contributed by atoms with E-state index in [2.05, 4.69) is 45.4 Å². The van der Waals surface area contributed by atoms with E-state index >= 15 is 0 Å². The Morgan fingerprint density at radius 2 is 2.00 bits per heavy atom. The van der Waals surface area contributed by atoms with E-state index in [4.69, 9.17) is 9.40 Å². The minimum absolute atomic E-state index is 0.0224. The molecule has 4 heterocycles. The molecule has 2 saturated heterocycles. The van der Waals surface area contributed by atoms with Crippen LogP contribution in [0.2, 0.25) is 0 Å². The van der Waals surface area contributed by atoms with E-state index < -0.39 is 0 Å². The summed E-state index contributed by atoms with van der Waals surface area (Å²) in [5, 5.41) is 7.75. The second-order valence-corrected chi connectivity index (χ2v) is 9.10. The molecule has 3 fully saturated rings. The van der Waals surface area contributed by atoms with Gasteiger partial charge in [-0.2, -0.15) is 5.10 Å². The lowest BCUT2D eigenvalue weighted by Crippen LogP contribution is -2.61. The first-order valence-electron chi connectivity index (χ1n) is 10.7. The number of rotatable bonds is 5. The van der Waals surface area contributed by atoms with Crippen LogP contribution in [-0.4, -0.2) is 57.1 Å². The van der Waals surface area contributed by atoms with Crippen molar-refractivity contribution in [2.24, 2.45) is 5.41 Å². The standard InChI is InChI=1S/C23H25N5O2/c29-22(18-8-9-30-12-18)28-14-23(15-28)13-27(10-16-4-2-1-3-5-16)11-19(23)21-24-20(25-26-21)17-6-7-17/h1-5,8-9,12,17,19H,6-7,10-11,13-15H2,(H,24,25,26). The van der Waals surface area contributed by atoms with Crippen LogP contribution in [0.5, 0.6) is 0 Å². The number of benzene rings is 1. The Hall–Kier alpha value is -2.93. The zero-order valence-electron chi connectivity index (χ0n) is 16.8. The molecule has 1 N–H and O–H groups in total. The fourth-order valence-corrected chi connectivity index (χ4v) is 5.13. The van der Waals surface area contributed by atoms with Gasteiger partial charge in [0.1, 0.15) is 12.1 Å². The average molecular weight is 403 g/mol. The van der Waals surface area contributed by atoms with Gasteiger partial charge in [-0.25, -0.2) is 4.98 Å². The predicted octanol–water partition coefficient (Wildman–Crippen LogP) is 3.02. The van der Waals surface area contributed by atoms with Crippen molar-refractivity contribution < 1.29 is 9.21 Å². The summed E-state index contributed by atoms with van der Waals surface area (Å²) in [6, 6.07) is 12.3. The highest BCUT2D eigenvalue weighted by molar-refractivity contribution is 5.94. The van der Waals surface area contributed by atoms with Crippen molar-refractivity contribution in [3.8, 4) is 0 Å². The molecular formula is C23H25N5O2. The van der Waals surface area contributed by atoms with Gasteiger partial charge in [0.25, 0.3) is 5.91 Å². The number of aromatic nitrogens is 3. The summed E-state index contributed by atoms with van der Waals surface area (Å²) in [4.78, 5) is 22.1. The highest BCUT2D eigenvalue weighted by Crippen LogP contribution is 2.49. The van der Waals surface area contributed by atoms with Gasteiger partial charge in [-0.15, -0.1) is 0 Å². The lowest BCUT2D eigenvalue weighted by atomic mass is 9.71. The van der Waals surface area contributed by atoms with Gasteiger partial charge in [0.2, 0.25) is 0 Å². The van der Waals surface area contributed by atoms with Crippen LogP contribution < -0.4 is 0 Å². The number of H-pyrrole nitrogens is 1. The van der Waals surface area contributed by atoms with Crippen LogP contribution in [0.4, 0.5) is 0 Å². The van der Waals surface area contributed by atoms with E-state index in [1.165, 1.54) is 24.7 Å². The number of nitrogens with zero attached hydrogens (tertiary/aromatic N) is 4. The van der Waals surface area contributed by atoms with Crippen LogP contribution in [0.25, 0.3) is 0 Å². The number of hydrogen-bond donors (Lipinski definition) is 1. The number of hydrogen-bond acceptors (Lipinski definition) is 5. The number of amides is 1. The molecule has 6 rings (SSSR count). The summed E-state index contributed by atoms with van der Waals surface area (Å²) in [7, 11) is 0. The van der Waals surface area contributed by atoms with Crippen molar-refractivity contribution in [1.82, 2.24) is 25.0 Å². The van der Waals surface area contributed by atoms with E-state index in [0.717, 1.165) is 44.4 Å². The van der Waals surface area contributed by atoms with Crippen LogP contribution in [0.1, 0.15) is 52.2 Å². The van der Waals surface area contributed by atoms with E-state index in [9.17, 15) is 4.79 Å². The molecule has 30 heavy (non-hydrogen) atoms. The zero-order chi connectivity index (χ0) is 20.1. The fraction of sp³-hybridized carbons (Fsp3) is 0.435. The Morgan fingerprint density at radius 1 is 1.17 bits per heavy atom. The van der Waals surface area contributed by atoms with Gasteiger partial charge in [-0.1, -0.05) is 30.3 Å². The summed E-state index contributed by atoms with van der Waals surface area (Å²) in [6.07, 6.45) is 5.47. The monoisotopic (exact) mass is 403 g/mol. The molecule has 1 saturated carbocycles. The summed E-state index contributed by atoms with van der Waals surface area (Å²) in [6.45, 7) is 4.29. The molecule has 1 aliphatic carbocycles. The molecule has 3 aromatic rings. The summed E-state index contributed by atoms with van der Waals surface area (Å²) >= 11 is 0. The molecule has 2 aliphatic heterocycles. The van der Waals surface area contributed by atoms with Gasteiger partial charge in [-0.05, 0) is 24.5 Å². The lowest BCUT2D eigenvalue weighted by molar-refractivity contribution is 0.00175. The average Bonchev–Trinajstić information content (AvgIpc) is 3.14. The van der Waals surface area contributed by atoms with Crippen molar-refractivity contribution >= 4 is 5.91 Å². The van der Waals surface area contributed by atoms with Crippen molar-refractivity contribution in [1.29, 1.82) is 0 Å². The minimum atomic E-state index is 0.0224. The molecule has 1 aromatic carbocycles. The molecule has 7 heteroatoms. The Bertz CT molecular complexity index is 1030. The van der Waals surface area contributed by atoms with E-state index in [1.54, 1.807) is 12.3 Å². The topological polar surface area (TPSA) is 78.3 Å². The van der Waals surface area contributed by atoms with E-state index in [-0.39, 0.29) is 17.2 Å². The Kier molecular flexibility index (Phi) is 4.06. The quantitative estimate of drug-likeness (QED) is 0.709. The molecule has 0 radical (unpaired) electrons. The zero-order valence-corrected chi connectivity index (χ0v) is 16.8. The van der Waals surface area contributed by atoms with Gasteiger partial charge in [0.05, 0.1) is 11.8 Å². The third-order valence-electron chi connectivity index (χ3n) is 6.83. The highest BCUT2D eigenvalue weighted by Gasteiger charge is 2.57. The number of likely N-dealkylation sites (tertiary alicyclic amines) is 2. The van der Waals surface area contributed by atoms with Gasteiger partial charge < -0.3 is 9.32 Å². The first kappa shape index (κ1) is 17.9. The molecular weight excluding hydrogens is 378 g/mol. The maximum Gasteiger partial charge on any atom is 0.257 e. The minimum Gasteiger partial charge on any atom is -0.472 e. The van der Waals surface area contributed by atoms with Gasteiger partial charge in [-0.3, -0.25) is 14.8 Å². The first-order valence-corrected chi connectivity index (χ1v) is 10.7. The number of furan rings is 1. The van der Waals surface area contributed by atoms with E-state index in [1.807, 2.05) is 4.90 Å². The second kappa shape index (κ2) is 6.80. The predicted molar refractivity (Wildman–Crippen MR) is 110 cm³/mol. The third kappa shape index (κ3) is 3.04. The highest BCUT2D eigenvalue weighted by atomic mass is 16.3. The van der Waals surface area contributed by atoms with Crippen LogP contribution in [0.3, 0.4) is 0 Å². The van der Waals surface area contributed by atoms with Gasteiger partial charge in [0, 0.05) is 50.0 Å². The van der Waals surface area contributed by atoms with Crippen molar-refractivity contribution in [3.05, 3.63) is 71.7 Å². The first-order chi connectivity index (χ1) is 14.7. The van der Waals surface area contributed by atoms with E-state index in [0.29, 0.717) is 11.5 Å². The van der Waals surface area contributed by atoms with Gasteiger partial charge >= 0.3 is 0 Å². The Balaban J connectivity index is 1.24. The van der Waals surface area contributed by atoms with Crippen molar-refractivity contribution in [2.45, 2.75) is 31.2 Å². The largest absolute Gasteiger partial charge is 0.472 e. The lowest BCUT2D eigenvalue weighted by Gasteiger charge is -2.50. The van der Waals surface area contributed by atoms with Crippen LogP contribution in [-0.2, 0) is 6.54 Å². The van der Waals surface area contributed by atoms with Crippen LogP contribution in [0.15, 0.2) is 53.3 Å². The summed E-state index contributed by atoms with van der Waals surface area (Å²) in [5.74, 6) is 2.80. The molecule has 7 nitrogen and oxygen atoms in total. The molecule has 1 atom stereocenters. The number of carbonyl (C=O) groups excluding carboxylic acids is 1. The molecule has 154 valence electrons. The number of nitrogens with one attached hydrogen (secondary N) is 1. The van der Waals surface area contributed by atoms with Crippen LogP contribution in [0, 0.1) is 5.41 Å². The number of aromatic amines is 1. The molecule has 1 unspecified atom stereocenters. The van der Waals surface area contributed by atoms with Gasteiger partial charge in [0.15, 0.2) is 5.82 Å². The second-order valence-electron chi connectivity index (χ2n) is 9.10. The summed E-state index contributed by atoms with van der Waals surface area (Å²) in [5.41, 5.74) is 1.96. The molecule has 0 bridgehead atoms. The molecule has 3 aliphatic rings. The molecule has 1 spiro atoms. The SMILES string of the molecule is O=C(c1ccoc1)N1CC2(CN(Cc3ccccc3)CC2c2nc(C3CC3)n[nH]2)C1. The smallest absolute Gasteiger partial charge is 0.257 e.